The fraction of sp³-hybridized carbons (Fsp3) is 0.308. The van der Waals surface area contributed by atoms with Crippen LogP contribution in [0, 0.1) is 0 Å². The molecule has 0 saturated heterocycles. The van der Waals surface area contributed by atoms with Crippen LogP contribution >= 0.6 is 15.9 Å². The van der Waals surface area contributed by atoms with Gasteiger partial charge in [0, 0.05) is 28.5 Å². The quantitative estimate of drug-likeness (QED) is 0.895. The molecule has 0 unspecified atom stereocenters. The summed E-state index contributed by atoms with van der Waals surface area (Å²) in [5.74, 6) is 0.467. The average molecular weight is 339 g/mol. The van der Waals surface area contributed by atoms with Gasteiger partial charge in [0.25, 0.3) is 5.56 Å². The van der Waals surface area contributed by atoms with E-state index in [0.717, 1.165) is 10.2 Å². The molecule has 0 spiro atoms. The SMILES string of the molecule is CC(C)c1cc(NC(=O)Cn2cc(Br)ccc2=O)n[nH]1. The van der Waals surface area contributed by atoms with Crippen molar-refractivity contribution in [1.29, 1.82) is 0 Å². The lowest BCUT2D eigenvalue weighted by atomic mass is 10.1. The summed E-state index contributed by atoms with van der Waals surface area (Å²) >= 11 is 3.26. The van der Waals surface area contributed by atoms with Gasteiger partial charge in [-0.15, -0.1) is 0 Å². The molecule has 2 aromatic heterocycles. The summed E-state index contributed by atoms with van der Waals surface area (Å²) in [4.78, 5) is 23.5. The molecule has 0 bridgehead atoms. The van der Waals surface area contributed by atoms with Crippen LogP contribution in [0.3, 0.4) is 0 Å². The molecule has 0 aliphatic carbocycles. The number of hydrogen-bond acceptors (Lipinski definition) is 3. The van der Waals surface area contributed by atoms with Gasteiger partial charge in [0.1, 0.15) is 6.54 Å². The molecule has 0 fully saturated rings. The lowest BCUT2D eigenvalue weighted by Crippen LogP contribution is -2.26. The van der Waals surface area contributed by atoms with Crippen molar-refractivity contribution >= 4 is 27.7 Å². The molecular weight excluding hydrogens is 324 g/mol. The van der Waals surface area contributed by atoms with Crippen molar-refractivity contribution in [3.05, 3.63) is 44.9 Å². The van der Waals surface area contributed by atoms with E-state index in [4.69, 9.17) is 0 Å². The first kappa shape index (κ1) is 14.5. The second-order valence-corrected chi connectivity index (χ2v) is 5.64. The second-order valence-electron chi connectivity index (χ2n) is 4.72. The first-order valence-electron chi connectivity index (χ1n) is 6.17. The molecule has 106 valence electrons. The molecule has 0 aromatic carbocycles. The highest BCUT2D eigenvalue weighted by Gasteiger charge is 2.09. The van der Waals surface area contributed by atoms with E-state index in [9.17, 15) is 9.59 Å². The summed E-state index contributed by atoms with van der Waals surface area (Å²) in [5.41, 5.74) is 0.716. The first-order chi connectivity index (χ1) is 9.45. The monoisotopic (exact) mass is 338 g/mol. The standard InChI is InChI=1S/C13H15BrN4O2/c1-8(2)10-5-11(17-16-10)15-12(19)7-18-6-9(14)3-4-13(18)20/h3-6,8H,7H2,1-2H3,(H2,15,16,17,19). The molecule has 20 heavy (non-hydrogen) atoms. The van der Waals surface area contributed by atoms with Gasteiger partial charge in [0.05, 0.1) is 0 Å². The van der Waals surface area contributed by atoms with Gasteiger partial charge in [-0.05, 0) is 27.9 Å². The Morgan fingerprint density at radius 2 is 2.25 bits per heavy atom. The molecule has 0 aliphatic heterocycles. The van der Waals surface area contributed by atoms with Gasteiger partial charge in [0.15, 0.2) is 5.82 Å². The molecule has 6 nitrogen and oxygen atoms in total. The number of nitrogens with zero attached hydrogens (tertiary/aromatic N) is 2. The summed E-state index contributed by atoms with van der Waals surface area (Å²) in [7, 11) is 0. The third-order valence-electron chi connectivity index (χ3n) is 2.75. The van der Waals surface area contributed by atoms with Crippen molar-refractivity contribution in [3.8, 4) is 0 Å². The number of carbonyl (C=O) groups is 1. The third kappa shape index (κ3) is 3.57. The third-order valence-corrected chi connectivity index (χ3v) is 3.22. The number of anilines is 1. The Balaban J connectivity index is 2.05. The number of hydrogen-bond donors (Lipinski definition) is 2. The topological polar surface area (TPSA) is 79.8 Å². The molecule has 0 saturated carbocycles. The minimum absolute atomic E-state index is 0.0534. The number of halogens is 1. The Labute approximate surface area is 124 Å². The van der Waals surface area contributed by atoms with Crippen LogP contribution in [0.1, 0.15) is 25.5 Å². The highest BCUT2D eigenvalue weighted by Crippen LogP contribution is 2.14. The zero-order valence-electron chi connectivity index (χ0n) is 11.2. The van der Waals surface area contributed by atoms with E-state index in [-0.39, 0.29) is 18.0 Å². The van der Waals surface area contributed by atoms with Gasteiger partial charge >= 0.3 is 0 Å². The molecule has 1 amide bonds. The Bertz CT molecular complexity index is 675. The molecule has 0 radical (unpaired) electrons. The van der Waals surface area contributed by atoms with Crippen LogP contribution in [-0.4, -0.2) is 20.7 Å². The molecular formula is C13H15BrN4O2. The van der Waals surface area contributed by atoms with E-state index >= 15 is 0 Å². The summed E-state index contributed by atoms with van der Waals surface area (Å²) in [5, 5.41) is 9.52. The molecule has 2 aromatic rings. The number of amides is 1. The van der Waals surface area contributed by atoms with Gasteiger partial charge in [-0.25, -0.2) is 0 Å². The number of pyridine rings is 1. The second kappa shape index (κ2) is 6.04. The van der Waals surface area contributed by atoms with E-state index in [1.165, 1.54) is 10.6 Å². The lowest BCUT2D eigenvalue weighted by molar-refractivity contribution is -0.116. The van der Waals surface area contributed by atoms with Crippen LogP contribution in [0.4, 0.5) is 5.82 Å². The maximum Gasteiger partial charge on any atom is 0.251 e. The van der Waals surface area contributed by atoms with Crippen LogP contribution in [0.5, 0.6) is 0 Å². The fourth-order valence-electron chi connectivity index (χ4n) is 1.66. The van der Waals surface area contributed by atoms with Gasteiger partial charge in [-0.1, -0.05) is 13.8 Å². The first-order valence-corrected chi connectivity index (χ1v) is 6.96. The van der Waals surface area contributed by atoms with E-state index < -0.39 is 0 Å². The maximum absolute atomic E-state index is 11.9. The number of aromatic amines is 1. The Morgan fingerprint density at radius 1 is 1.50 bits per heavy atom. The van der Waals surface area contributed by atoms with Crippen molar-refractivity contribution in [2.45, 2.75) is 26.3 Å². The molecule has 2 heterocycles. The molecule has 2 rings (SSSR count). The normalized spacial score (nSPS) is 10.8. The molecule has 0 aliphatic rings. The van der Waals surface area contributed by atoms with Crippen LogP contribution in [0.25, 0.3) is 0 Å². The summed E-state index contributed by atoms with van der Waals surface area (Å²) in [6, 6.07) is 4.83. The van der Waals surface area contributed by atoms with Gasteiger partial charge in [-0.3, -0.25) is 14.7 Å². The fourth-order valence-corrected chi connectivity index (χ4v) is 2.04. The van der Waals surface area contributed by atoms with E-state index in [0.29, 0.717) is 11.7 Å². The summed E-state index contributed by atoms with van der Waals surface area (Å²) in [6.07, 6.45) is 1.58. The van der Waals surface area contributed by atoms with E-state index in [1.54, 1.807) is 18.3 Å². The van der Waals surface area contributed by atoms with Crippen molar-refractivity contribution < 1.29 is 4.79 Å². The number of H-pyrrole nitrogens is 1. The van der Waals surface area contributed by atoms with Gasteiger partial charge < -0.3 is 9.88 Å². The van der Waals surface area contributed by atoms with Crippen molar-refractivity contribution in [3.63, 3.8) is 0 Å². The van der Waals surface area contributed by atoms with Crippen LogP contribution in [0.2, 0.25) is 0 Å². The van der Waals surface area contributed by atoms with Gasteiger partial charge in [-0.2, -0.15) is 5.10 Å². The van der Waals surface area contributed by atoms with Crippen LogP contribution in [0.15, 0.2) is 33.7 Å². The highest BCUT2D eigenvalue weighted by atomic mass is 79.9. The largest absolute Gasteiger partial charge is 0.308 e. The van der Waals surface area contributed by atoms with Crippen LogP contribution in [-0.2, 0) is 11.3 Å². The van der Waals surface area contributed by atoms with Gasteiger partial charge in [0.2, 0.25) is 5.91 Å². The Kier molecular flexibility index (Phi) is 4.39. The van der Waals surface area contributed by atoms with Crippen molar-refractivity contribution in [2.24, 2.45) is 0 Å². The van der Waals surface area contributed by atoms with Crippen LogP contribution < -0.4 is 10.9 Å². The molecule has 7 heteroatoms. The predicted molar refractivity (Wildman–Crippen MR) is 79.7 cm³/mol. The minimum atomic E-state index is -0.299. The number of carbonyl (C=O) groups excluding carboxylic acids is 1. The zero-order valence-corrected chi connectivity index (χ0v) is 12.8. The Hall–Kier alpha value is -1.89. The minimum Gasteiger partial charge on any atom is -0.308 e. The molecule has 2 N–H and O–H groups in total. The number of nitrogens with one attached hydrogen (secondary N) is 2. The maximum atomic E-state index is 11.9. The number of rotatable bonds is 4. The zero-order chi connectivity index (χ0) is 14.7. The Morgan fingerprint density at radius 3 is 2.90 bits per heavy atom. The number of aromatic nitrogens is 3. The van der Waals surface area contributed by atoms with E-state index in [2.05, 4.69) is 31.4 Å². The smallest absolute Gasteiger partial charge is 0.251 e. The molecule has 0 atom stereocenters. The lowest BCUT2D eigenvalue weighted by Gasteiger charge is -2.05. The average Bonchev–Trinajstić information content (AvgIpc) is 2.82. The van der Waals surface area contributed by atoms with Crippen molar-refractivity contribution in [2.75, 3.05) is 5.32 Å². The highest BCUT2D eigenvalue weighted by molar-refractivity contribution is 9.10. The summed E-state index contributed by atoms with van der Waals surface area (Å²) in [6.45, 7) is 4.00. The summed E-state index contributed by atoms with van der Waals surface area (Å²) < 4.78 is 2.07. The van der Waals surface area contributed by atoms with Crippen molar-refractivity contribution in [1.82, 2.24) is 14.8 Å². The van der Waals surface area contributed by atoms with E-state index in [1.807, 2.05) is 13.8 Å². The predicted octanol–water partition coefficient (Wildman–Crippen LogP) is 2.10.